The van der Waals surface area contributed by atoms with Gasteiger partial charge >= 0.3 is 5.97 Å². The highest BCUT2D eigenvalue weighted by molar-refractivity contribution is 5.85. The summed E-state index contributed by atoms with van der Waals surface area (Å²) in [5, 5.41) is 11.5. The van der Waals surface area contributed by atoms with Crippen molar-refractivity contribution in [3.63, 3.8) is 0 Å². The van der Waals surface area contributed by atoms with E-state index in [1.807, 2.05) is 36.4 Å². The maximum Gasteiger partial charge on any atom is 0.347 e. The number of quaternary nitrogens is 1. The second-order valence-corrected chi connectivity index (χ2v) is 9.53. The van der Waals surface area contributed by atoms with Crippen LogP contribution in [0.3, 0.4) is 0 Å². The lowest BCUT2D eigenvalue weighted by Crippen LogP contribution is -2.43. The van der Waals surface area contributed by atoms with Crippen LogP contribution in [0.2, 0.25) is 0 Å². The van der Waals surface area contributed by atoms with Gasteiger partial charge in [0.2, 0.25) is 5.60 Å². The first-order chi connectivity index (χ1) is 16.0. The number of likely N-dealkylation sites (tertiary alicyclic amines) is 1. The van der Waals surface area contributed by atoms with Gasteiger partial charge in [-0.3, -0.25) is 0 Å². The van der Waals surface area contributed by atoms with Crippen LogP contribution in [0.15, 0.2) is 91.0 Å². The number of carbonyl (C=O) groups excluding carboxylic acids is 1. The largest absolute Gasteiger partial charge is 0.462 e. The quantitative estimate of drug-likeness (QED) is 0.389. The fraction of sp³-hybridized carbons (Fsp3) is 0.345. The Labute approximate surface area is 197 Å². The summed E-state index contributed by atoms with van der Waals surface area (Å²) in [4.78, 5) is 13.2. The summed E-state index contributed by atoms with van der Waals surface area (Å²) in [7, 11) is 2.30. The Morgan fingerprint density at radius 2 is 1.48 bits per heavy atom. The van der Waals surface area contributed by atoms with Crippen molar-refractivity contribution in [1.82, 2.24) is 0 Å². The molecule has 0 aliphatic carbocycles. The molecule has 1 fully saturated rings. The van der Waals surface area contributed by atoms with Gasteiger partial charge in [-0.1, -0.05) is 91.0 Å². The molecule has 33 heavy (non-hydrogen) atoms. The molecule has 0 spiro atoms. The molecular weight excluding hydrogens is 410 g/mol. The highest BCUT2D eigenvalue weighted by Gasteiger charge is 2.43. The first-order valence-electron chi connectivity index (χ1n) is 11.9. The number of aliphatic hydroxyl groups is 1. The van der Waals surface area contributed by atoms with Crippen LogP contribution >= 0.6 is 0 Å². The van der Waals surface area contributed by atoms with E-state index in [0.717, 1.165) is 43.4 Å². The van der Waals surface area contributed by atoms with Gasteiger partial charge in [-0.2, -0.15) is 0 Å². The highest BCUT2D eigenvalue weighted by atomic mass is 16.5. The van der Waals surface area contributed by atoms with Crippen LogP contribution in [0.4, 0.5) is 0 Å². The van der Waals surface area contributed by atoms with Crippen molar-refractivity contribution in [1.29, 1.82) is 0 Å². The van der Waals surface area contributed by atoms with Gasteiger partial charge in [0.25, 0.3) is 0 Å². The molecule has 4 heteroatoms. The summed E-state index contributed by atoms with van der Waals surface area (Å²) in [6, 6.07) is 28.7. The third kappa shape index (κ3) is 5.52. The molecule has 0 saturated carbocycles. The summed E-state index contributed by atoms with van der Waals surface area (Å²) in [6.07, 6.45) is 3.27. The Hall–Kier alpha value is -2.95. The molecule has 1 saturated heterocycles. The summed E-state index contributed by atoms with van der Waals surface area (Å²) in [5.41, 5.74) is 0.618. The molecule has 0 amide bonds. The number of hydrogen-bond acceptors (Lipinski definition) is 3. The van der Waals surface area contributed by atoms with Gasteiger partial charge in [-0.15, -0.1) is 0 Å². The summed E-state index contributed by atoms with van der Waals surface area (Å²) < 4.78 is 6.78. The SMILES string of the molecule is C[N+]1(CCCc2ccccc2)CC[C@H](COC(=O)C(O)(c2ccccc2)c2ccccc2)C1. The fourth-order valence-corrected chi connectivity index (χ4v) is 5.01. The van der Waals surface area contributed by atoms with Gasteiger partial charge in [0.05, 0.1) is 33.3 Å². The first kappa shape index (κ1) is 23.2. The monoisotopic (exact) mass is 444 g/mol. The van der Waals surface area contributed by atoms with Gasteiger partial charge in [0.1, 0.15) is 0 Å². The Bertz CT molecular complexity index is 983. The minimum absolute atomic E-state index is 0.312. The average Bonchev–Trinajstić information content (AvgIpc) is 3.24. The highest BCUT2D eigenvalue weighted by Crippen LogP contribution is 2.32. The topological polar surface area (TPSA) is 46.5 Å². The van der Waals surface area contributed by atoms with Crippen molar-refractivity contribution in [2.45, 2.75) is 24.9 Å². The molecular formula is C29H34NO3+. The minimum Gasteiger partial charge on any atom is -0.462 e. The molecule has 4 rings (SSSR count). The number of benzene rings is 3. The van der Waals surface area contributed by atoms with E-state index in [2.05, 4.69) is 37.4 Å². The third-order valence-corrected chi connectivity index (χ3v) is 6.91. The molecule has 2 atom stereocenters. The second-order valence-electron chi connectivity index (χ2n) is 9.53. The van der Waals surface area contributed by atoms with Crippen LogP contribution in [0.25, 0.3) is 0 Å². The van der Waals surface area contributed by atoms with Crippen molar-refractivity contribution >= 4 is 5.97 Å². The smallest absolute Gasteiger partial charge is 0.347 e. The van der Waals surface area contributed by atoms with E-state index in [9.17, 15) is 9.90 Å². The van der Waals surface area contributed by atoms with Gasteiger partial charge in [0.15, 0.2) is 0 Å². The van der Waals surface area contributed by atoms with Crippen molar-refractivity contribution in [3.05, 3.63) is 108 Å². The molecule has 172 valence electrons. The molecule has 1 aliphatic rings. The zero-order valence-electron chi connectivity index (χ0n) is 19.4. The lowest BCUT2D eigenvalue weighted by atomic mass is 9.86. The number of aryl methyl sites for hydroxylation is 1. The predicted octanol–water partition coefficient (Wildman–Crippen LogP) is 4.57. The van der Waals surface area contributed by atoms with Gasteiger partial charge in [0, 0.05) is 18.8 Å². The second kappa shape index (κ2) is 10.3. The maximum absolute atomic E-state index is 13.2. The van der Waals surface area contributed by atoms with Gasteiger partial charge in [-0.05, 0) is 23.1 Å². The number of esters is 1. The molecule has 4 nitrogen and oxygen atoms in total. The van der Waals surface area contributed by atoms with E-state index in [1.165, 1.54) is 5.56 Å². The Morgan fingerprint density at radius 3 is 2.06 bits per heavy atom. The summed E-state index contributed by atoms with van der Waals surface area (Å²) in [5.74, 6) is -0.295. The Balaban J connectivity index is 1.35. The molecule has 0 radical (unpaired) electrons. The molecule has 3 aromatic carbocycles. The van der Waals surface area contributed by atoms with Crippen molar-refractivity contribution in [2.75, 3.05) is 33.3 Å². The molecule has 1 heterocycles. The van der Waals surface area contributed by atoms with Crippen molar-refractivity contribution in [2.24, 2.45) is 5.92 Å². The van der Waals surface area contributed by atoms with E-state index in [4.69, 9.17) is 4.74 Å². The number of rotatable bonds is 9. The number of hydrogen-bond donors (Lipinski definition) is 1. The lowest BCUT2D eigenvalue weighted by Gasteiger charge is -2.30. The molecule has 0 aromatic heterocycles. The molecule has 1 unspecified atom stereocenters. The number of carbonyl (C=O) groups is 1. The number of nitrogens with zero attached hydrogens (tertiary/aromatic N) is 1. The molecule has 1 aliphatic heterocycles. The van der Waals surface area contributed by atoms with Gasteiger partial charge < -0.3 is 14.3 Å². The van der Waals surface area contributed by atoms with E-state index in [1.54, 1.807) is 24.3 Å². The maximum atomic E-state index is 13.2. The zero-order valence-corrected chi connectivity index (χ0v) is 19.4. The Kier molecular flexibility index (Phi) is 7.26. The number of ether oxygens (including phenoxy) is 1. The zero-order chi connectivity index (χ0) is 23.2. The third-order valence-electron chi connectivity index (χ3n) is 6.91. The predicted molar refractivity (Wildman–Crippen MR) is 130 cm³/mol. The van der Waals surface area contributed by atoms with Crippen LogP contribution in [0, 0.1) is 5.92 Å². The standard InChI is InChI=1S/C29H34NO3/c1-30(20-11-14-24-12-5-2-6-13-24)21-19-25(22-30)23-33-28(31)29(32,26-15-7-3-8-16-26)27-17-9-4-10-18-27/h2-10,12-13,15-18,25,32H,11,14,19-23H2,1H3/q+1/t25-,30?/m0/s1. The van der Waals surface area contributed by atoms with Crippen LogP contribution in [0.5, 0.6) is 0 Å². The van der Waals surface area contributed by atoms with E-state index in [0.29, 0.717) is 23.7 Å². The molecule has 1 N–H and O–H groups in total. The van der Waals surface area contributed by atoms with E-state index >= 15 is 0 Å². The van der Waals surface area contributed by atoms with Crippen LogP contribution < -0.4 is 0 Å². The van der Waals surface area contributed by atoms with E-state index in [-0.39, 0.29) is 0 Å². The van der Waals surface area contributed by atoms with Crippen molar-refractivity contribution < 1.29 is 19.1 Å². The van der Waals surface area contributed by atoms with Crippen molar-refractivity contribution in [3.8, 4) is 0 Å². The Morgan fingerprint density at radius 1 is 0.939 bits per heavy atom. The molecule has 3 aromatic rings. The average molecular weight is 445 g/mol. The van der Waals surface area contributed by atoms with Crippen LogP contribution in [-0.4, -0.2) is 48.8 Å². The normalized spacial score (nSPS) is 20.5. The minimum atomic E-state index is -1.81. The summed E-state index contributed by atoms with van der Waals surface area (Å²) in [6.45, 7) is 3.56. The first-order valence-corrected chi connectivity index (χ1v) is 11.9. The molecule has 0 bridgehead atoms. The summed E-state index contributed by atoms with van der Waals surface area (Å²) >= 11 is 0. The van der Waals surface area contributed by atoms with E-state index < -0.39 is 11.6 Å². The van der Waals surface area contributed by atoms with Crippen LogP contribution in [0.1, 0.15) is 29.5 Å². The fourth-order valence-electron chi connectivity index (χ4n) is 5.01. The lowest BCUT2D eigenvalue weighted by molar-refractivity contribution is -0.899. The van der Waals surface area contributed by atoms with Crippen LogP contribution in [-0.2, 0) is 21.6 Å². The van der Waals surface area contributed by atoms with Gasteiger partial charge in [-0.25, -0.2) is 4.79 Å².